The third kappa shape index (κ3) is 3.56. The molecule has 4 nitrogen and oxygen atoms in total. The maximum Gasteiger partial charge on any atom is 0.253 e. The normalized spacial score (nSPS) is 11.9. The Balaban J connectivity index is 2.00. The Morgan fingerprint density at radius 2 is 2.15 bits per heavy atom. The number of carbonyl (C=O) groups excluding carboxylic acids is 1. The average Bonchev–Trinajstić information content (AvgIpc) is 2.44. The fraction of sp³-hybridized carbons (Fsp3) is 0.200. The first-order valence-electron chi connectivity index (χ1n) is 6.19. The molecule has 0 saturated heterocycles. The van der Waals surface area contributed by atoms with Crippen molar-refractivity contribution in [2.75, 3.05) is 0 Å². The molecule has 104 valence electrons. The standard InChI is InChI=1S/C15H15ClN2O2/c1-10-8-11(6-7-17-10)9-18-15(20)14(19)12-4-2-3-5-13(12)16/h2-8,14,19H,9H2,1H3,(H,18,20)/t14-/m1/s1. The van der Waals surface area contributed by atoms with Crippen LogP contribution >= 0.6 is 11.6 Å². The molecule has 2 rings (SSSR count). The van der Waals surface area contributed by atoms with E-state index in [1.165, 1.54) is 0 Å². The summed E-state index contributed by atoms with van der Waals surface area (Å²) in [6.45, 7) is 2.22. The number of hydrogen-bond acceptors (Lipinski definition) is 3. The first-order valence-corrected chi connectivity index (χ1v) is 6.57. The molecular formula is C15H15ClN2O2. The molecule has 0 aliphatic rings. The minimum atomic E-state index is -1.27. The van der Waals surface area contributed by atoms with Gasteiger partial charge in [0.2, 0.25) is 0 Å². The van der Waals surface area contributed by atoms with Crippen molar-refractivity contribution in [3.8, 4) is 0 Å². The summed E-state index contributed by atoms with van der Waals surface area (Å²) in [6.07, 6.45) is 0.410. The lowest BCUT2D eigenvalue weighted by atomic mass is 10.1. The molecule has 0 unspecified atom stereocenters. The molecule has 2 N–H and O–H groups in total. The predicted octanol–water partition coefficient (Wildman–Crippen LogP) is 2.39. The summed E-state index contributed by atoms with van der Waals surface area (Å²) in [7, 11) is 0. The van der Waals surface area contributed by atoms with Gasteiger partial charge in [0.25, 0.3) is 5.91 Å². The Morgan fingerprint density at radius 1 is 1.40 bits per heavy atom. The molecule has 0 aliphatic carbocycles. The third-order valence-corrected chi connectivity index (χ3v) is 3.22. The van der Waals surface area contributed by atoms with Crippen molar-refractivity contribution in [3.05, 3.63) is 64.4 Å². The number of rotatable bonds is 4. The van der Waals surface area contributed by atoms with Crippen LogP contribution in [0.25, 0.3) is 0 Å². The first-order chi connectivity index (χ1) is 9.58. The zero-order chi connectivity index (χ0) is 14.5. The van der Waals surface area contributed by atoms with Crippen LogP contribution in [-0.2, 0) is 11.3 Å². The lowest BCUT2D eigenvalue weighted by molar-refractivity contribution is -0.129. The minimum Gasteiger partial charge on any atom is -0.378 e. The number of nitrogens with zero attached hydrogens (tertiary/aromatic N) is 1. The SMILES string of the molecule is Cc1cc(CNC(=O)[C@H](O)c2ccccc2Cl)ccn1. The van der Waals surface area contributed by atoms with Crippen molar-refractivity contribution in [2.24, 2.45) is 0 Å². The topological polar surface area (TPSA) is 62.2 Å². The number of aryl methyl sites for hydroxylation is 1. The van der Waals surface area contributed by atoms with Crippen molar-refractivity contribution in [2.45, 2.75) is 19.6 Å². The number of aliphatic hydroxyl groups excluding tert-OH is 1. The number of carbonyl (C=O) groups is 1. The van der Waals surface area contributed by atoms with E-state index in [9.17, 15) is 9.90 Å². The molecule has 5 heteroatoms. The molecule has 1 atom stereocenters. The summed E-state index contributed by atoms with van der Waals surface area (Å²) in [5.74, 6) is -0.479. The fourth-order valence-corrected chi connectivity index (χ4v) is 2.08. The van der Waals surface area contributed by atoms with E-state index in [0.29, 0.717) is 17.1 Å². The largest absolute Gasteiger partial charge is 0.378 e. The zero-order valence-corrected chi connectivity index (χ0v) is 11.8. The van der Waals surface area contributed by atoms with E-state index in [1.54, 1.807) is 30.5 Å². The number of pyridine rings is 1. The molecule has 0 fully saturated rings. The van der Waals surface area contributed by atoms with Crippen LogP contribution in [0, 0.1) is 6.92 Å². The summed E-state index contributed by atoms with van der Waals surface area (Å²) in [6, 6.07) is 10.4. The quantitative estimate of drug-likeness (QED) is 0.909. The smallest absolute Gasteiger partial charge is 0.253 e. The third-order valence-electron chi connectivity index (χ3n) is 2.88. The van der Waals surface area contributed by atoms with Crippen LogP contribution in [0.1, 0.15) is 22.9 Å². The van der Waals surface area contributed by atoms with Gasteiger partial charge < -0.3 is 10.4 Å². The van der Waals surface area contributed by atoms with Crippen LogP contribution in [0.3, 0.4) is 0 Å². The number of aromatic nitrogens is 1. The maximum absolute atomic E-state index is 11.9. The number of amides is 1. The molecule has 20 heavy (non-hydrogen) atoms. The second kappa shape index (κ2) is 6.50. The van der Waals surface area contributed by atoms with E-state index in [4.69, 9.17) is 11.6 Å². The van der Waals surface area contributed by atoms with Gasteiger partial charge >= 0.3 is 0 Å². The Kier molecular flexibility index (Phi) is 4.71. The second-order valence-electron chi connectivity index (χ2n) is 4.45. The molecule has 1 heterocycles. The van der Waals surface area contributed by atoms with Crippen LogP contribution in [0.5, 0.6) is 0 Å². The van der Waals surface area contributed by atoms with Gasteiger partial charge in [-0.15, -0.1) is 0 Å². The van der Waals surface area contributed by atoms with E-state index in [-0.39, 0.29) is 0 Å². The summed E-state index contributed by atoms with van der Waals surface area (Å²) in [5.41, 5.74) is 2.21. The molecule has 0 aliphatic heterocycles. The molecule has 1 amide bonds. The van der Waals surface area contributed by atoms with Crippen LogP contribution in [0.2, 0.25) is 5.02 Å². The Morgan fingerprint density at radius 3 is 2.85 bits per heavy atom. The molecule has 1 aromatic heterocycles. The van der Waals surface area contributed by atoms with Gasteiger partial charge in [-0.3, -0.25) is 9.78 Å². The molecule has 0 saturated carbocycles. The average molecular weight is 291 g/mol. The van der Waals surface area contributed by atoms with Crippen LogP contribution in [0.4, 0.5) is 0 Å². The van der Waals surface area contributed by atoms with Gasteiger partial charge in [0, 0.05) is 29.0 Å². The second-order valence-corrected chi connectivity index (χ2v) is 4.85. The van der Waals surface area contributed by atoms with Gasteiger partial charge in [0.15, 0.2) is 6.10 Å². The summed E-state index contributed by atoms with van der Waals surface area (Å²) in [4.78, 5) is 16.0. The van der Waals surface area contributed by atoms with E-state index >= 15 is 0 Å². The maximum atomic E-state index is 11.9. The zero-order valence-electron chi connectivity index (χ0n) is 11.0. The van der Waals surface area contributed by atoms with Crippen molar-refractivity contribution >= 4 is 17.5 Å². The summed E-state index contributed by atoms with van der Waals surface area (Å²) < 4.78 is 0. The number of aliphatic hydroxyl groups is 1. The number of halogens is 1. The number of hydrogen-bond donors (Lipinski definition) is 2. The fourth-order valence-electron chi connectivity index (χ4n) is 1.84. The molecular weight excluding hydrogens is 276 g/mol. The van der Waals surface area contributed by atoms with Crippen LogP contribution in [0.15, 0.2) is 42.6 Å². The highest BCUT2D eigenvalue weighted by atomic mass is 35.5. The molecule has 2 aromatic rings. The van der Waals surface area contributed by atoms with Gasteiger partial charge in [0.1, 0.15) is 0 Å². The Hall–Kier alpha value is -1.91. The summed E-state index contributed by atoms with van der Waals surface area (Å²) in [5, 5.41) is 13.0. The first kappa shape index (κ1) is 14.5. The van der Waals surface area contributed by atoms with Gasteiger partial charge in [-0.2, -0.15) is 0 Å². The molecule has 1 aromatic carbocycles. The van der Waals surface area contributed by atoms with Crippen molar-refractivity contribution < 1.29 is 9.90 Å². The van der Waals surface area contributed by atoms with Crippen LogP contribution in [-0.4, -0.2) is 16.0 Å². The highest BCUT2D eigenvalue weighted by Crippen LogP contribution is 2.22. The summed E-state index contributed by atoms with van der Waals surface area (Å²) >= 11 is 5.95. The van der Waals surface area contributed by atoms with E-state index in [0.717, 1.165) is 11.3 Å². The monoisotopic (exact) mass is 290 g/mol. The molecule has 0 bridgehead atoms. The van der Waals surface area contributed by atoms with E-state index < -0.39 is 12.0 Å². The minimum absolute atomic E-state index is 0.337. The van der Waals surface area contributed by atoms with E-state index in [1.807, 2.05) is 19.1 Å². The highest BCUT2D eigenvalue weighted by Gasteiger charge is 2.19. The lowest BCUT2D eigenvalue weighted by Crippen LogP contribution is -2.29. The number of nitrogens with one attached hydrogen (secondary N) is 1. The Labute approximate surface area is 122 Å². The highest BCUT2D eigenvalue weighted by molar-refractivity contribution is 6.31. The van der Waals surface area contributed by atoms with Crippen molar-refractivity contribution in [3.63, 3.8) is 0 Å². The van der Waals surface area contributed by atoms with Crippen LogP contribution < -0.4 is 5.32 Å². The Bertz CT molecular complexity index is 616. The van der Waals surface area contributed by atoms with Crippen molar-refractivity contribution in [1.29, 1.82) is 0 Å². The van der Waals surface area contributed by atoms with E-state index in [2.05, 4.69) is 10.3 Å². The van der Waals surface area contributed by atoms with Gasteiger partial charge in [-0.05, 0) is 30.7 Å². The van der Waals surface area contributed by atoms with Gasteiger partial charge in [0.05, 0.1) is 0 Å². The molecule has 0 spiro atoms. The predicted molar refractivity (Wildman–Crippen MR) is 77.2 cm³/mol. The lowest BCUT2D eigenvalue weighted by Gasteiger charge is -2.13. The number of benzene rings is 1. The molecule has 0 radical (unpaired) electrons. The van der Waals surface area contributed by atoms with Gasteiger partial charge in [-0.1, -0.05) is 29.8 Å². The van der Waals surface area contributed by atoms with Crippen molar-refractivity contribution in [1.82, 2.24) is 10.3 Å². The van der Waals surface area contributed by atoms with Gasteiger partial charge in [-0.25, -0.2) is 0 Å².